The van der Waals surface area contributed by atoms with Gasteiger partial charge in [0, 0.05) is 5.56 Å². The Kier molecular flexibility index (Phi) is 2.57. The predicted molar refractivity (Wildman–Crippen MR) is 60.1 cm³/mol. The summed E-state index contributed by atoms with van der Waals surface area (Å²) in [4.78, 5) is 0. The van der Waals surface area contributed by atoms with Gasteiger partial charge >= 0.3 is 0 Å². The fourth-order valence-corrected chi connectivity index (χ4v) is 1.73. The number of nitrogens with zero attached hydrogens (tertiary/aromatic N) is 1. The maximum atomic E-state index is 10.4. The van der Waals surface area contributed by atoms with Crippen LogP contribution >= 0.6 is 12.2 Å². The number of rotatable bonds is 1. The van der Waals surface area contributed by atoms with E-state index in [9.17, 15) is 5.11 Å². The Morgan fingerprint density at radius 1 is 1.40 bits per heavy atom. The van der Waals surface area contributed by atoms with E-state index in [-0.39, 0.29) is 11.7 Å². The number of benzene rings is 1. The summed E-state index contributed by atoms with van der Waals surface area (Å²) in [5, 5.41) is 11.8. The first kappa shape index (κ1) is 10.3. The van der Waals surface area contributed by atoms with Crippen LogP contribution in [0.4, 0.5) is 0 Å². The molecule has 1 saturated heterocycles. The molecule has 0 bridgehead atoms. The van der Waals surface area contributed by atoms with Crippen molar-refractivity contribution in [3.05, 3.63) is 35.9 Å². The predicted octanol–water partition coefficient (Wildman–Crippen LogP) is -0.600. The first-order chi connectivity index (χ1) is 7.14. The highest BCUT2D eigenvalue weighted by molar-refractivity contribution is 7.80. The van der Waals surface area contributed by atoms with E-state index in [4.69, 9.17) is 18.1 Å². The number of nitrogens with two attached hydrogens (primary N) is 1. The van der Waals surface area contributed by atoms with Gasteiger partial charge in [-0.15, -0.1) is 0 Å². The third-order valence-electron chi connectivity index (χ3n) is 2.38. The molecule has 1 aliphatic heterocycles. The molecule has 1 aromatic carbocycles. The molecule has 1 heterocycles. The van der Waals surface area contributed by atoms with Gasteiger partial charge in [0.05, 0.1) is 6.54 Å². The molecule has 15 heavy (non-hydrogen) atoms. The van der Waals surface area contributed by atoms with Crippen molar-refractivity contribution in [1.82, 2.24) is 15.9 Å². The maximum absolute atomic E-state index is 10.4. The van der Waals surface area contributed by atoms with E-state index in [0.717, 1.165) is 5.01 Å². The van der Waals surface area contributed by atoms with E-state index in [0.29, 0.717) is 5.56 Å². The molecular formula is C9H12N4OS. The summed E-state index contributed by atoms with van der Waals surface area (Å²) in [6.45, 7) is 0.258. The van der Waals surface area contributed by atoms with Gasteiger partial charge in [-0.2, -0.15) is 0 Å². The van der Waals surface area contributed by atoms with Crippen molar-refractivity contribution in [3.8, 4) is 0 Å². The number of hydrazine groups is 2. The number of hydrogen-bond acceptors (Lipinski definition) is 4. The van der Waals surface area contributed by atoms with Gasteiger partial charge in [-0.1, -0.05) is 30.3 Å². The monoisotopic (exact) mass is 224 g/mol. The highest BCUT2D eigenvalue weighted by atomic mass is 32.1. The molecule has 1 atom stereocenters. The fraction of sp³-hybridized carbons (Fsp3) is 0.222. The van der Waals surface area contributed by atoms with Crippen LogP contribution in [0.5, 0.6) is 0 Å². The summed E-state index contributed by atoms with van der Waals surface area (Å²) in [5.74, 6) is 5.73. The highest BCUT2D eigenvalue weighted by Gasteiger charge is 2.39. The van der Waals surface area contributed by atoms with E-state index in [2.05, 4.69) is 10.9 Å². The Hall–Kier alpha value is -1.21. The van der Waals surface area contributed by atoms with E-state index >= 15 is 0 Å². The Balaban J connectivity index is 2.37. The van der Waals surface area contributed by atoms with Gasteiger partial charge in [0.15, 0.2) is 5.72 Å². The molecule has 0 radical (unpaired) electrons. The van der Waals surface area contributed by atoms with Crippen molar-refractivity contribution in [1.29, 1.82) is 0 Å². The molecule has 80 valence electrons. The minimum atomic E-state index is -1.30. The minimum absolute atomic E-state index is 0.257. The van der Waals surface area contributed by atoms with Crippen LogP contribution in [0, 0.1) is 0 Å². The van der Waals surface area contributed by atoms with Crippen LogP contribution in [-0.2, 0) is 5.72 Å². The molecule has 2 rings (SSSR count). The molecule has 1 unspecified atom stereocenters. The number of hydrogen-bond donors (Lipinski definition) is 4. The Labute approximate surface area is 92.8 Å². The SMILES string of the molecule is NN1C(=S)NNCC1(O)c1ccccc1. The number of β-amino-alcohol motifs (C(OH)–C–C–N with tert-alkyl or cyclic N) is 1. The molecule has 0 spiro atoms. The second-order valence-corrected chi connectivity index (χ2v) is 3.72. The fourth-order valence-electron chi connectivity index (χ4n) is 1.50. The minimum Gasteiger partial charge on any atom is -0.365 e. The Morgan fingerprint density at radius 3 is 2.73 bits per heavy atom. The Bertz CT molecular complexity index is 372. The van der Waals surface area contributed by atoms with Crippen LogP contribution in [-0.4, -0.2) is 21.8 Å². The molecule has 6 heteroatoms. The van der Waals surface area contributed by atoms with Crippen molar-refractivity contribution in [2.24, 2.45) is 5.84 Å². The number of nitrogens with one attached hydrogen (secondary N) is 2. The van der Waals surface area contributed by atoms with Gasteiger partial charge < -0.3 is 5.11 Å². The molecule has 5 nitrogen and oxygen atoms in total. The second-order valence-electron chi connectivity index (χ2n) is 3.34. The van der Waals surface area contributed by atoms with Crippen LogP contribution in [0.3, 0.4) is 0 Å². The van der Waals surface area contributed by atoms with Gasteiger partial charge in [-0.05, 0) is 12.2 Å². The lowest BCUT2D eigenvalue weighted by Gasteiger charge is -2.42. The molecule has 0 aromatic heterocycles. The summed E-state index contributed by atoms with van der Waals surface area (Å²) in [5.41, 5.74) is 4.87. The number of thiocarbonyl (C=S) groups is 1. The first-order valence-corrected chi connectivity index (χ1v) is 4.91. The molecule has 1 aromatic rings. The molecule has 1 fully saturated rings. The molecule has 0 saturated carbocycles. The average Bonchev–Trinajstić information content (AvgIpc) is 2.27. The first-order valence-electron chi connectivity index (χ1n) is 4.50. The molecule has 0 amide bonds. The normalized spacial score (nSPS) is 26.3. The highest BCUT2D eigenvalue weighted by Crippen LogP contribution is 2.23. The largest absolute Gasteiger partial charge is 0.365 e. The van der Waals surface area contributed by atoms with E-state index in [1.807, 2.05) is 18.2 Å². The van der Waals surface area contributed by atoms with Crippen LogP contribution in [0.15, 0.2) is 30.3 Å². The summed E-state index contributed by atoms with van der Waals surface area (Å²) in [6.07, 6.45) is 0. The van der Waals surface area contributed by atoms with Gasteiger partial charge in [0.1, 0.15) is 0 Å². The van der Waals surface area contributed by atoms with Crippen LogP contribution in [0.25, 0.3) is 0 Å². The van der Waals surface area contributed by atoms with E-state index in [1.165, 1.54) is 0 Å². The van der Waals surface area contributed by atoms with Gasteiger partial charge in [0.2, 0.25) is 5.11 Å². The average molecular weight is 224 g/mol. The van der Waals surface area contributed by atoms with Gasteiger partial charge in [0.25, 0.3) is 0 Å². The van der Waals surface area contributed by atoms with Gasteiger partial charge in [-0.25, -0.2) is 16.3 Å². The van der Waals surface area contributed by atoms with Crippen LogP contribution in [0.1, 0.15) is 5.56 Å². The zero-order chi connectivity index (χ0) is 10.9. The van der Waals surface area contributed by atoms with Crippen molar-refractivity contribution in [2.75, 3.05) is 6.54 Å². The maximum Gasteiger partial charge on any atom is 0.200 e. The molecular weight excluding hydrogens is 212 g/mol. The summed E-state index contributed by atoms with van der Waals surface area (Å²) >= 11 is 4.94. The smallest absolute Gasteiger partial charge is 0.200 e. The summed E-state index contributed by atoms with van der Waals surface area (Å²) in [7, 11) is 0. The number of aliphatic hydroxyl groups is 1. The molecule has 5 N–H and O–H groups in total. The van der Waals surface area contributed by atoms with Crippen molar-refractivity contribution in [2.45, 2.75) is 5.72 Å². The topological polar surface area (TPSA) is 73.5 Å². The van der Waals surface area contributed by atoms with Crippen molar-refractivity contribution >= 4 is 17.3 Å². The van der Waals surface area contributed by atoms with Crippen LogP contribution in [0.2, 0.25) is 0 Å². The van der Waals surface area contributed by atoms with E-state index < -0.39 is 5.72 Å². The molecule has 0 aliphatic carbocycles. The van der Waals surface area contributed by atoms with Gasteiger partial charge in [-0.3, -0.25) is 5.43 Å². The summed E-state index contributed by atoms with van der Waals surface area (Å²) < 4.78 is 0. The van der Waals surface area contributed by atoms with Crippen LogP contribution < -0.4 is 16.7 Å². The third-order valence-corrected chi connectivity index (χ3v) is 2.68. The standard InChI is InChI=1S/C9H12N4OS/c10-13-8(15)12-11-6-9(13,14)7-4-2-1-3-5-7/h1-5,11,14H,6,10H2,(H,12,15). The quantitative estimate of drug-likeness (QED) is 0.377. The second kappa shape index (κ2) is 3.74. The zero-order valence-electron chi connectivity index (χ0n) is 7.97. The Morgan fingerprint density at radius 2 is 2.07 bits per heavy atom. The lowest BCUT2D eigenvalue weighted by molar-refractivity contribution is -0.0887. The lowest BCUT2D eigenvalue weighted by atomic mass is 10.0. The molecule has 1 aliphatic rings. The lowest BCUT2D eigenvalue weighted by Crippen LogP contribution is -2.68. The van der Waals surface area contributed by atoms with Crippen molar-refractivity contribution in [3.63, 3.8) is 0 Å². The van der Waals surface area contributed by atoms with Crippen molar-refractivity contribution < 1.29 is 5.11 Å². The zero-order valence-corrected chi connectivity index (χ0v) is 8.79. The van der Waals surface area contributed by atoms with E-state index in [1.54, 1.807) is 12.1 Å². The summed E-state index contributed by atoms with van der Waals surface area (Å²) in [6, 6.07) is 9.16. The third kappa shape index (κ3) is 1.68.